The van der Waals surface area contributed by atoms with Crippen molar-refractivity contribution in [2.24, 2.45) is 18.9 Å². The lowest BCUT2D eigenvalue weighted by Crippen LogP contribution is -2.16. The summed E-state index contributed by atoms with van der Waals surface area (Å²) in [6.45, 7) is 4.14. The molecule has 3 aromatic heterocycles. The molecule has 0 spiro atoms. The Morgan fingerprint density at radius 2 is 2.03 bits per heavy atom. The standard InChI is InChI=1S/C24H24N6O/c1-13-4-5-26-10-18(13)15-6-16-8-21(27-11-19(16)20(25)7-15)29-24(31)23-14(2)22(23)17-9-28-30(3)12-17/h4-12,14,22-23H,25H2,1-3H3,(H,27,29,31)/t14-,22+,23-/m0/s1. The number of nitrogens with zero attached hydrogens (tertiary/aromatic N) is 4. The number of fused-ring (bicyclic) bond motifs is 1. The number of aryl methyl sites for hydroxylation is 2. The Hall–Kier alpha value is -3.74. The summed E-state index contributed by atoms with van der Waals surface area (Å²) in [4.78, 5) is 21.6. The van der Waals surface area contributed by atoms with Crippen LogP contribution in [0.15, 0.2) is 55.2 Å². The van der Waals surface area contributed by atoms with Crippen LogP contribution in [0.5, 0.6) is 0 Å². The fourth-order valence-electron chi connectivity index (χ4n) is 4.47. The summed E-state index contributed by atoms with van der Waals surface area (Å²) in [5, 5.41) is 9.01. The van der Waals surface area contributed by atoms with Crippen molar-refractivity contribution in [2.45, 2.75) is 19.8 Å². The van der Waals surface area contributed by atoms with Crippen LogP contribution >= 0.6 is 0 Å². The van der Waals surface area contributed by atoms with Gasteiger partial charge in [0.2, 0.25) is 5.91 Å². The predicted octanol–water partition coefficient (Wildman–Crippen LogP) is 3.91. The van der Waals surface area contributed by atoms with E-state index >= 15 is 0 Å². The predicted molar refractivity (Wildman–Crippen MR) is 121 cm³/mol. The largest absolute Gasteiger partial charge is 0.398 e. The second-order valence-electron chi connectivity index (χ2n) is 8.39. The number of nitrogens with two attached hydrogens (primary N) is 1. The highest BCUT2D eigenvalue weighted by Gasteiger charge is 2.52. The molecule has 3 heterocycles. The van der Waals surface area contributed by atoms with Crippen molar-refractivity contribution in [3.8, 4) is 11.1 Å². The first-order chi connectivity index (χ1) is 14.9. The van der Waals surface area contributed by atoms with Crippen molar-refractivity contribution in [1.82, 2.24) is 19.7 Å². The zero-order valence-corrected chi connectivity index (χ0v) is 17.7. The molecular formula is C24H24N6O. The SMILES string of the molecule is Cc1ccncc1-c1cc(N)c2cnc(NC(=O)[C@H]3[C@@H](C)[C@@H]3c3cnn(C)c3)cc2c1. The van der Waals surface area contributed by atoms with Crippen LogP contribution in [0.4, 0.5) is 11.5 Å². The number of aromatic nitrogens is 4. The average Bonchev–Trinajstić information content (AvgIpc) is 3.22. The maximum absolute atomic E-state index is 12.9. The minimum absolute atomic E-state index is 0.0135. The number of hydrogen-bond donors (Lipinski definition) is 2. The molecule has 1 aliphatic rings. The molecule has 4 aromatic rings. The maximum Gasteiger partial charge on any atom is 0.229 e. The van der Waals surface area contributed by atoms with E-state index in [1.165, 1.54) is 0 Å². The fourth-order valence-corrected chi connectivity index (χ4v) is 4.47. The van der Waals surface area contributed by atoms with Gasteiger partial charge in [0.05, 0.1) is 6.20 Å². The summed E-state index contributed by atoms with van der Waals surface area (Å²) in [6.07, 6.45) is 9.15. The molecule has 1 fully saturated rings. The van der Waals surface area contributed by atoms with E-state index in [0.717, 1.165) is 33.0 Å². The number of pyridine rings is 2. The van der Waals surface area contributed by atoms with Gasteiger partial charge in [-0.1, -0.05) is 6.92 Å². The number of carbonyl (C=O) groups is 1. The van der Waals surface area contributed by atoms with Crippen molar-refractivity contribution in [3.63, 3.8) is 0 Å². The van der Waals surface area contributed by atoms with Crippen LogP contribution in [0.3, 0.4) is 0 Å². The lowest BCUT2D eigenvalue weighted by atomic mass is 9.99. The monoisotopic (exact) mass is 412 g/mol. The lowest BCUT2D eigenvalue weighted by molar-refractivity contribution is -0.117. The smallest absolute Gasteiger partial charge is 0.229 e. The molecule has 0 saturated heterocycles. The molecule has 156 valence electrons. The van der Waals surface area contributed by atoms with Crippen LogP contribution in [-0.4, -0.2) is 25.7 Å². The highest BCUT2D eigenvalue weighted by molar-refractivity contribution is 6.00. The van der Waals surface area contributed by atoms with E-state index in [1.807, 2.05) is 50.8 Å². The second kappa shape index (κ2) is 7.19. The van der Waals surface area contributed by atoms with E-state index in [0.29, 0.717) is 11.5 Å². The van der Waals surface area contributed by atoms with Crippen molar-refractivity contribution in [2.75, 3.05) is 11.1 Å². The van der Waals surface area contributed by atoms with E-state index in [4.69, 9.17) is 5.73 Å². The summed E-state index contributed by atoms with van der Waals surface area (Å²) in [7, 11) is 1.89. The zero-order chi connectivity index (χ0) is 21.7. The van der Waals surface area contributed by atoms with Gasteiger partial charge < -0.3 is 11.1 Å². The van der Waals surface area contributed by atoms with Crippen molar-refractivity contribution in [3.05, 3.63) is 66.4 Å². The zero-order valence-electron chi connectivity index (χ0n) is 17.7. The fraction of sp³-hybridized carbons (Fsp3) is 0.250. The molecule has 1 amide bonds. The van der Waals surface area contributed by atoms with Gasteiger partial charge in [0.1, 0.15) is 5.82 Å². The third-order valence-corrected chi connectivity index (χ3v) is 6.26. The lowest BCUT2D eigenvalue weighted by Gasteiger charge is -2.11. The van der Waals surface area contributed by atoms with Crippen molar-refractivity contribution < 1.29 is 4.79 Å². The Balaban J connectivity index is 1.42. The van der Waals surface area contributed by atoms with E-state index in [2.05, 4.69) is 33.4 Å². The Kier molecular flexibility index (Phi) is 4.46. The molecule has 1 saturated carbocycles. The third kappa shape index (κ3) is 3.42. The van der Waals surface area contributed by atoms with Crippen molar-refractivity contribution in [1.29, 1.82) is 0 Å². The van der Waals surface area contributed by atoms with Crippen LogP contribution in [0, 0.1) is 18.8 Å². The molecule has 3 atom stereocenters. The van der Waals surface area contributed by atoms with E-state index in [9.17, 15) is 4.79 Å². The highest BCUT2D eigenvalue weighted by Crippen LogP contribution is 2.54. The van der Waals surface area contributed by atoms with Gasteiger partial charge in [-0.2, -0.15) is 5.10 Å². The Morgan fingerprint density at radius 3 is 2.77 bits per heavy atom. The maximum atomic E-state index is 12.9. The first-order valence-electron chi connectivity index (χ1n) is 10.3. The summed E-state index contributed by atoms with van der Waals surface area (Å²) in [5.74, 6) is 0.919. The van der Waals surface area contributed by atoms with Gasteiger partial charge in [0.25, 0.3) is 0 Å². The molecule has 1 aromatic carbocycles. The third-order valence-electron chi connectivity index (χ3n) is 6.26. The molecule has 1 aliphatic carbocycles. The summed E-state index contributed by atoms with van der Waals surface area (Å²) >= 11 is 0. The minimum Gasteiger partial charge on any atom is -0.398 e. The molecule has 7 nitrogen and oxygen atoms in total. The average molecular weight is 412 g/mol. The molecule has 0 radical (unpaired) electrons. The number of rotatable bonds is 4. The molecule has 7 heteroatoms. The van der Waals surface area contributed by atoms with Gasteiger partial charge in [0.15, 0.2) is 0 Å². The highest BCUT2D eigenvalue weighted by atomic mass is 16.2. The molecule has 3 N–H and O–H groups in total. The van der Waals surface area contributed by atoms with Crippen LogP contribution in [0.1, 0.15) is 24.0 Å². The van der Waals surface area contributed by atoms with Gasteiger partial charge >= 0.3 is 0 Å². The van der Waals surface area contributed by atoms with E-state index in [1.54, 1.807) is 17.1 Å². The molecule has 5 rings (SSSR count). The first-order valence-corrected chi connectivity index (χ1v) is 10.3. The molecule has 31 heavy (non-hydrogen) atoms. The molecule has 0 unspecified atom stereocenters. The Bertz CT molecular complexity index is 1310. The van der Waals surface area contributed by atoms with Crippen LogP contribution in [0.25, 0.3) is 21.9 Å². The minimum atomic E-state index is -0.0730. The number of nitrogens with one attached hydrogen (secondary N) is 1. The second-order valence-corrected chi connectivity index (χ2v) is 8.39. The number of carbonyl (C=O) groups excluding carboxylic acids is 1. The van der Waals surface area contributed by atoms with Gasteiger partial charge in [-0.05, 0) is 59.2 Å². The number of benzene rings is 1. The summed E-state index contributed by atoms with van der Waals surface area (Å²) in [6, 6.07) is 7.86. The Labute approximate surface area is 180 Å². The number of anilines is 2. The number of nitrogen functional groups attached to an aromatic ring is 1. The number of hydrogen-bond acceptors (Lipinski definition) is 5. The van der Waals surface area contributed by atoms with Crippen LogP contribution in [-0.2, 0) is 11.8 Å². The first kappa shape index (κ1) is 19.2. The molecule has 0 bridgehead atoms. The summed E-state index contributed by atoms with van der Waals surface area (Å²) < 4.78 is 1.77. The van der Waals surface area contributed by atoms with Gasteiger partial charge in [-0.15, -0.1) is 0 Å². The molecular weight excluding hydrogens is 388 g/mol. The van der Waals surface area contributed by atoms with Crippen molar-refractivity contribution >= 4 is 28.2 Å². The van der Waals surface area contributed by atoms with Gasteiger partial charge in [-0.25, -0.2) is 4.98 Å². The Morgan fingerprint density at radius 1 is 1.19 bits per heavy atom. The summed E-state index contributed by atoms with van der Waals surface area (Å²) in [5.41, 5.74) is 11.2. The normalized spacial score (nSPS) is 20.0. The van der Waals surface area contributed by atoms with E-state index < -0.39 is 0 Å². The van der Waals surface area contributed by atoms with Gasteiger partial charge in [-0.3, -0.25) is 14.5 Å². The van der Waals surface area contributed by atoms with Gasteiger partial charge in [0, 0.05) is 60.3 Å². The van der Waals surface area contributed by atoms with Crippen LogP contribution < -0.4 is 11.1 Å². The number of amides is 1. The van der Waals surface area contributed by atoms with E-state index in [-0.39, 0.29) is 23.7 Å². The quantitative estimate of drug-likeness (QED) is 0.495. The van der Waals surface area contributed by atoms with Crippen LogP contribution in [0.2, 0.25) is 0 Å². The molecule has 0 aliphatic heterocycles. The topological polar surface area (TPSA) is 98.7 Å².